The van der Waals surface area contributed by atoms with Crippen molar-refractivity contribution >= 4 is 23.2 Å². The van der Waals surface area contributed by atoms with Crippen molar-refractivity contribution in [3.63, 3.8) is 0 Å². The highest BCUT2D eigenvalue weighted by Crippen LogP contribution is 2.26. The Kier molecular flexibility index (Phi) is 2.55. The van der Waals surface area contributed by atoms with Crippen LogP contribution in [0.15, 0.2) is 12.1 Å². The second-order valence-corrected chi connectivity index (χ2v) is 2.79. The molecule has 4 heteroatoms. The fourth-order valence-electron chi connectivity index (χ4n) is 0.741. The molecule has 12 heavy (non-hydrogen) atoms. The van der Waals surface area contributed by atoms with Gasteiger partial charge in [0, 0.05) is 0 Å². The average molecular weight is 197 g/mol. The Labute approximate surface area is 79.6 Å². The van der Waals surface area contributed by atoms with E-state index >= 15 is 0 Å². The van der Waals surface area contributed by atoms with Crippen molar-refractivity contribution in [1.29, 1.82) is 10.5 Å². The fraction of sp³-hybridized carbons (Fsp3) is 0. The summed E-state index contributed by atoms with van der Waals surface area (Å²) in [6.07, 6.45) is 0. The van der Waals surface area contributed by atoms with E-state index in [-0.39, 0.29) is 21.2 Å². The summed E-state index contributed by atoms with van der Waals surface area (Å²) < 4.78 is 0. The van der Waals surface area contributed by atoms with Crippen molar-refractivity contribution < 1.29 is 0 Å². The quantitative estimate of drug-likeness (QED) is 0.641. The predicted molar refractivity (Wildman–Crippen MR) is 45.9 cm³/mol. The van der Waals surface area contributed by atoms with Crippen LogP contribution in [0.4, 0.5) is 0 Å². The predicted octanol–water partition coefficient (Wildman–Crippen LogP) is 2.74. The highest BCUT2D eigenvalue weighted by molar-refractivity contribution is 6.37. The van der Waals surface area contributed by atoms with Gasteiger partial charge in [-0.15, -0.1) is 0 Å². The van der Waals surface area contributed by atoms with Crippen LogP contribution < -0.4 is 0 Å². The zero-order valence-corrected chi connectivity index (χ0v) is 7.32. The summed E-state index contributed by atoms with van der Waals surface area (Å²) in [5, 5.41) is 17.5. The van der Waals surface area contributed by atoms with E-state index in [4.69, 9.17) is 33.7 Å². The molecule has 0 saturated heterocycles. The maximum Gasteiger partial charge on any atom is 0.102 e. The minimum atomic E-state index is 0.118. The van der Waals surface area contributed by atoms with Gasteiger partial charge in [-0.25, -0.2) is 0 Å². The number of benzene rings is 1. The van der Waals surface area contributed by atoms with E-state index < -0.39 is 0 Å². The lowest BCUT2D eigenvalue weighted by Crippen LogP contribution is -1.83. The Bertz CT molecular complexity index is 399. The van der Waals surface area contributed by atoms with E-state index in [2.05, 4.69) is 0 Å². The number of hydrogen-bond acceptors (Lipinski definition) is 2. The van der Waals surface area contributed by atoms with Crippen LogP contribution >= 0.6 is 23.2 Å². The van der Waals surface area contributed by atoms with Gasteiger partial charge in [0.1, 0.15) is 12.1 Å². The minimum Gasteiger partial charge on any atom is -0.192 e. The third kappa shape index (κ3) is 1.36. The van der Waals surface area contributed by atoms with E-state index in [1.165, 1.54) is 12.1 Å². The highest BCUT2D eigenvalue weighted by atomic mass is 35.5. The van der Waals surface area contributed by atoms with Crippen molar-refractivity contribution in [3.05, 3.63) is 33.3 Å². The van der Waals surface area contributed by atoms with Gasteiger partial charge in [-0.1, -0.05) is 23.2 Å². The van der Waals surface area contributed by atoms with Crippen LogP contribution in [0.5, 0.6) is 0 Å². The van der Waals surface area contributed by atoms with E-state index in [9.17, 15) is 0 Å². The van der Waals surface area contributed by atoms with Crippen molar-refractivity contribution in [2.24, 2.45) is 0 Å². The molecule has 0 saturated carbocycles. The molecule has 0 unspecified atom stereocenters. The van der Waals surface area contributed by atoms with Crippen LogP contribution in [-0.4, -0.2) is 0 Å². The number of hydrogen-bond donors (Lipinski definition) is 0. The van der Waals surface area contributed by atoms with Crippen LogP contribution in [0.3, 0.4) is 0 Å². The Morgan fingerprint density at radius 3 is 2.25 bits per heavy atom. The molecular weight excluding hydrogens is 195 g/mol. The van der Waals surface area contributed by atoms with E-state index in [1.807, 2.05) is 12.1 Å². The Hall–Kier alpha value is -1.22. The van der Waals surface area contributed by atoms with Crippen LogP contribution in [0, 0.1) is 22.7 Å². The van der Waals surface area contributed by atoms with Crippen LogP contribution in [0.25, 0.3) is 0 Å². The van der Waals surface area contributed by atoms with Gasteiger partial charge in [0.25, 0.3) is 0 Å². The molecule has 0 heterocycles. The summed E-state index contributed by atoms with van der Waals surface area (Å²) in [6.45, 7) is 0. The molecule has 0 aliphatic rings. The summed E-state index contributed by atoms with van der Waals surface area (Å²) in [7, 11) is 0. The smallest absolute Gasteiger partial charge is 0.102 e. The van der Waals surface area contributed by atoms with Gasteiger partial charge in [-0.2, -0.15) is 10.5 Å². The summed E-state index contributed by atoms with van der Waals surface area (Å²) in [5.41, 5.74) is 0.412. The lowest BCUT2D eigenvalue weighted by molar-refractivity contribution is 1.45. The van der Waals surface area contributed by atoms with Crippen LogP contribution in [0.2, 0.25) is 10.0 Å². The zero-order chi connectivity index (χ0) is 9.14. The molecule has 0 radical (unpaired) electrons. The summed E-state index contributed by atoms with van der Waals surface area (Å²) in [5.74, 6) is 0. The molecule has 0 amide bonds. The molecule has 0 atom stereocenters. The Morgan fingerprint density at radius 2 is 1.75 bits per heavy atom. The maximum absolute atomic E-state index is 8.59. The first-order chi connectivity index (χ1) is 5.70. The van der Waals surface area contributed by atoms with Gasteiger partial charge in [-0.05, 0) is 12.1 Å². The van der Waals surface area contributed by atoms with Crippen molar-refractivity contribution in [2.45, 2.75) is 0 Å². The highest BCUT2D eigenvalue weighted by Gasteiger charge is 2.08. The normalized spacial score (nSPS) is 8.67. The summed E-state index contributed by atoms with van der Waals surface area (Å²) in [6, 6.07) is 6.63. The first kappa shape index (κ1) is 8.87. The summed E-state index contributed by atoms with van der Waals surface area (Å²) >= 11 is 11.3. The zero-order valence-electron chi connectivity index (χ0n) is 5.81. The van der Waals surface area contributed by atoms with Gasteiger partial charge < -0.3 is 0 Å². The van der Waals surface area contributed by atoms with E-state index in [0.717, 1.165) is 0 Å². The van der Waals surface area contributed by atoms with Crippen molar-refractivity contribution in [1.82, 2.24) is 0 Å². The van der Waals surface area contributed by atoms with Crippen molar-refractivity contribution in [3.8, 4) is 12.1 Å². The van der Waals surface area contributed by atoms with E-state index in [0.29, 0.717) is 0 Å². The lowest BCUT2D eigenvalue weighted by Gasteiger charge is -1.98. The summed E-state index contributed by atoms with van der Waals surface area (Å²) in [4.78, 5) is 0. The number of halogens is 2. The molecule has 0 bridgehead atoms. The molecule has 1 rings (SSSR count). The first-order valence-corrected chi connectivity index (χ1v) is 3.74. The van der Waals surface area contributed by atoms with Gasteiger partial charge in [0.2, 0.25) is 0 Å². The molecule has 0 spiro atoms. The Balaban J connectivity index is 3.50. The molecule has 0 aliphatic carbocycles. The molecule has 0 aliphatic heterocycles. The van der Waals surface area contributed by atoms with E-state index in [1.54, 1.807) is 0 Å². The Morgan fingerprint density at radius 1 is 1.08 bits per heavy atom. The van der Waals surface area contributed by atoms with Crippen LogP contribution in [-0.2, 0) is 0 Å². The van der Waals surface area contributed by atoms with Crippen LogP contribution in [0.1, 0.15) is 11.1 Å². The third-order valence-corrected chi connectivity index (χ3v) is 2.03. The fourth-order valence-corrected chi connectivity index (χ4v) is 1.24. The van der Waals surface area contributed by atoms with Gasteiger partial charge in [-0.3, -0.25) is 0 Å². The number of nitrogens with zero attached hydrogens (tertiary/aromatic N) is 2. The van der Waals surface area contributed by atoms with Gasteiger partial charge in [0.05, 0.1) is 21.2 Å². The van der Waals surface area contributed by atoms with Crippen molar-refractivity contribution in [2.75, 3.05) is 0 Å². The molecule has 2 nitrogen and oxygen atoms in total. The average Bonchev–Trinajstić information content (AvgIpc) is 2.06. The second kappa shape index (κ2) is 3.45. The molecule has 1 aromatic rings. The number of rotatable bonds is 0. The largest absolute Gasteiger partial charge is 0.192 e. The molecule has 0 fully saturated rings. The number of nitriles is 2. The molecular formula is C8H2Cl2N2. The third-order valence-electron chi connectivity index (χ3n) is 1.32. The van der Waals surface area contributed by atoms with Gasteiger partial charge >= 0.3 is 0 Å². The molecule has 1 aromatic carbocycles. The van der Waals surface area contributed by atoms with Gasteiger partial charge in [0.15, 0.2) is 0 Å². The monoisotopic (exact) mass is 196 g/mol. The second-order valence-electron chi connectivity index (χ2n) is 2.01. The minimum absolute atomic E-state index is 0.118. The molecule has 0 aromatic heterocycles. The first-order valence-electron chi connectivity index (χ1n) is 2.99. The lowest BCUT2D eigenvalue weighted by atomic mass is 10.1. The topological polar surface area (TPSA) is 47.6 Å². The SMILES string of the molecule is N#Cc1ccc(Cl)c(C#N)c1Cl. The molecule has 58 valence electrons. The maximum atomic E-state index is 8.59. The molecule has 0 N–H and O–H groups in total. The standard InChI is InChI=1S/C8H2Cl2N2/c9-7-2-1-5(3-11)8(10)6(7)4-12/h1-2H.